The minimum absolute atomic E-state index is 0.0650. The van der Waals surface area contributed by atoms with Crippen molar-refractivity contribution in [2.24, 2.45) is 16.4 Å². The monoisotopic (exact) mass is 312 g/mol. The van der Waals surface area contributed by atoms with Crippen LogP contribution in [0.1, 0.15) is 32.8 Å². The van der Waals surface area contributed by atoms with Gasteiger partial charge in [-0.2, -0.15) is 9.49 Å². The Morgan fingerprint density at radius 2 is 2.09 bits per heavy atom. The second-order valence-electron chi connectivity index (χ2n) is 6.45. The highest BCUT2D eigenvalue weighted by molar-refractivity contribution is 6.02. The van der Waals surface area contributed by atoms with Crippen molar-refractivity contribution in [3.05, 3.63) is 29.3 Å². The van der Waals surface area contributed by atoms with Crippen LogP contribution in [0.2, 0.25) is 0 Å². The zero-order valence-corrected chi connectivity index (χ0v) is 13.1. The van der Waals surface area contributed by atoms with Crippen molar-refractivity contribution in [1.82, 2.24) is 5.43 Å². The molecule has 1 aromatic carbocycles. The average Bonchev–Trinajstić information content (AvgIpc) is 2.50. The van der Waals surface area contributed by atoms with Gasteiger partial charge in [0.1, 0.15) is 0 Å². The number of nitrogens with zero attached hydrogens (tertiary/aromatic N) is 1. The first-order chi connectivity index (χ1) is 10.4. The third kappa shape index (κ3) is 3.55. The van der Waals surface area contributed by atoms with Crippen molar-refractivity contribution in [3.63, 3.8) is 0 Å². The van der Waals surface area contributed by atoms with Gasteiger partial charge >= 0.3 is 0 Å². The Morgan fingerprint density at radius 1 is 1.36 bits per heavy atom. The largest absolute Gasteiger partial charge is 0.490 e. The van der Waals surface area contributed by atoms with Crippen molar-refractivity contribution < 1.29 is 18.6 Å². The van der Waals surface area contributed by atoms with Crippen LogP contribution >= 0.6 is 0 Å². The van der Waals surface area contributed by atoms with Gasteiger partial charge in [-0.3, -0.25) is 0 Å². The molecule has 1 aliphatic rings. The van der Waals surface area contributed by atoms with Gasteiger partial charge in [-0.1, -0.05) is 20.8 Å². The molecule has 122 valence electrons. The van der Waals surface area contributed by atoms with Gasteiger partial charge in [0.25, 0.3) is 0 Å². The Bertz CT molecular complexity index is 574. The maximum atomic E-state index is 14.3. The molecule has 0 spiro atoms. The molecule has 0 radical (unpaired) electrons. The van der Waals surface area contributed by atoms with Crippen LogP contribution in [0.5, 0.6) is 5.75 Å². The van der Waals surface area contributed by atoms with E-state index in [1.807, 2.05) is 6.92 Å². The summed E-state index contributed by atoms with van der Waals surface area (Å²) in [5.41, 5.74) is 2.97. The molecule has 1 aliphatic heterocycles. The van der Waals surface area contributed by atoms with Crippen LogP contribution in [0, 0.1) is 23.0 Å². The van der Waals surface area contributed by atoms with Crippen LogP contribution in [-0.2, 0) is 0 Å². The number of nitrogens with one attached hydrogen (secondary N) is 1. The number of hydrogen-bond donors (Lipinski definition) is 2. The molecular formula is C16H22F2N2O2. The lowest BCUT2D eigenvalue weighted by molar-refractivity contribution is 0.0949. The SMILES string of the molecule is CC1CCNN=C1c1ccc(OCC(C)(C)CO)c(F)c1F. The minimum atomic E-state index is -1.02. The Kier molecular flexibility index (Phi) is 5.01. The maximum Gasteiger partial charge on any atom is 0.201 e. The molecule has 4 nitrogen and oxygen atoms in total. The van der Waals surface area contributed by atoms with Crippen molar-refractivity contribution >= 4 is 5.71 Å². The molecule has 2 rings (SSSR count). The lowest BCUT2D eigenvalue weighted by Gasteiger charge is -2.23. The standard InChI is InChI=1S/C16H22F2N2O2/c1-10-6-7-19-20-15(10)11-4-5-12(14(18)13(11)17)22-9-16(2,3)8-21/h4-5,10,19,21H,6-9H2,1-3H3. The Morgan fingerprint density at radius 3 is 2.73 bits per heavy atom. The molecule has 0 saturated heterocycles. The summed E-state index contributed by atoms with van der Waals surface area (Å²) in [4.78, 5) is 0. The fourth-order valence-electron chi connectivity index (χ4n) is 2.15. The first-order valence-electron chi connectivity index (χ1n) is 7.38. The zero-order chi connectivity index (χ0) is 16.3. The van der Waals surface area contributed by atoms with Gasteiger partial charge in [0.05, 0.1) is 18.9 Å². The third-order valence-electron chi connectivity index (χ3n) is 3.72. The number of benzene rings is 1. The summed E-state index contributed by atoms with van der Waals surface area (Å²) in [5.74, 6) is -2.06. The van der Waals surface area contributed by atoms with Gasteiger partial charge in [-0.15, -0.1) is 0 Å². The fraction of sp³-hybridized carbons (Fsp3) is 0.562. The number of ether oxygens (including phenoxy) is 1. The Hall–Kier alpha value is -1.69. The van der Waals surface area contributed by atoms with Crippen LogP contribution < -0.4 is 10.2 Å². The number of halogens is 2. The first kappa shape index (κ1) is 16.7. The normalized spacial score (nSPS) is 18.6. The second kappa shape index (κ2) is 6.60. The Labute approximate surface area is 129 Å². The number of rotatable bonds is 5. The first-order valence-corrected chi connectivity index (χ1v) is 7.38. The van der Waals surface area contributed by atoms with Crippen molar-refractivity contribution in [1.29, 1.82) is 0 Å². The van der Waals surface area contributed by atoms with E-state index in [-0.39, 0.29) is 30.4 Å². The highest BCUT2D eigenvalue weighted by Crippen LogP contribution is 2.27. The highest BCUT2D eigenvalue weighted by atomic mass is 19.2. The van der Waals surface area contributed by atoms with Gasteiger partial charge in [0.15, 0.2) is 11.6 Å². The maximum absolute atomic E-state index is 14.3. The molecular weight excluding hydrogens is 290 g/mol. The molecule has 0 fully saturated rings. The quantitative estimate of drug-likeness (QED) is 0.879. The van der Waals surface area contributed by atoms with Crippen molar-refractivity contribution in [3.8, 4) is 5.75 Å². The molecule has 1 atom stereocenters. The van der Waals surface area contributed by atoms with Gasteiger partial charge in [0, 0.05) is 23.4 Å². The third-order valence-corrected chi connectivity index (χ3v) is 3.72. The van der Waals surface area contributed by atoms with E-state index in [2.05, 4.69) is 10.5 Å². The summed E-state index contributed by atoms with van der Waals surface area (Å²) < 4.78 is 33.8. The van der Waals surface area contributed by atoms with Crippen molar-refractivity contribution in [2.45, 2.75) is 27.2 Å². The van der Waals surface area contributed by atoms with E-state index in [9.17, 15) is 8.78 Å². The fourth-order valence-corrected chi connectivity index (χ4v) is 2.15. The molecule has 1 aromatic rings. The molecule has 0 aliphatic carbocycles. The van der Waals surface area contributed by atoms with E-state index in [0.717, 1.165) is 13.0 Å². The van der Waals surface area contributed by atoms with E-state index in [4.69, 9.17) is 9.84 Å². The van der Waals surface area contributed by atoms with E-state index in [1.165, 1.54) is 12.1 Å². The molecule has 1 heterocycles. The molecule has 1 unspecified atom stereocenters. The van der Waals surface area contributed by atoms with E-state index in [1.54, 1.807) is 13.8 Å². The molecule has 0 bridgehead atoms. The van der Waals surface area contributed by atoms with Gasteiger partial charge < -0.3 is 15.3 Å². The molecule has 6 heteroatoms. The number of aliphatic hydroxyl groups excluding tert-OH is 1. The molecule has 0 saturated carbocycles. The second-order valence-corrected chi connectivity index (χ2v) is 6.45. The Balaban J connectivity index is 2.24. The summed E-state index contributed by atoms with van der Waals surface area (Å²) >= 11 is 0. The summed E-state index contributed by atoms with van der Waals surface area (Å²) in [6.07, 6.45) is 0.822. The average molecular weight is 312 g/mol. The van der Waals surface area contributed by atoms with Crippen molar-refractivity contribution in [2.75, 3.05) is 19.8 Å². The van der Waals surface area contributed by atoms with Crippen LogP contribution in [0.3, 0.4) is 0 Å². The van der Waals surface area contributed by atoms with Crippen LogP contribution in [0.15, 0.2) is 17.2 Å². The zero-order valence-electron chi connectivity index (χ0n) is 13.1. The summed E-state index contributed by atoms with van der Waals surface area (Å²) in [5, 5.41) is 13.3. The summed E-state index contributed by atoms with van der Waals surface area (Å²) in [7, 11) is 0. The van der Waals surface area contributed by atoms with Gasteiger partial charge in [0.2, 0.25) is 5.82 Å². The molecule has 2 N–H and O–H groups in total. The summed E-state index contributed by atoms with van der Waals surface area (Å²) in [6, 6.07) is 2.90. The van der Waals surface area contributed by atoms with Crippen LogP contribution in [0.25, 0.3) is 0 Å². The summed E-state index contributed by atoms with van der Waals surface area (Å²) in [6.45, 7) is 6.21. The lowest BCUT2D eigenvalue weighted by atomic mass is 9.94. The predicted octanol–water partition coefficient (Wildman–Crippen LogP) is 2.70. The number of hydrogen-bond acceptors (Lipinski definition) is 4. The van der Waals surface area contributed by atoms with Crippen LogP contribution in [-0.4, -0.2) is 30.6 Å². The van der Waals surface area contributed by atoms with E-state index >= 15 is 0 Å². The number of hydrazone groups is 1. The minimum Gasteiger partial charge on any atom is -0.490 e. The van der Waals surface area contributed by atoms with Crippen LogP contribution in [0.4, 0.5) is 8.78 Å². The van der Waals surface area contributed by atoms with Gasteiger partial charge in [-0.05, 0) is 18.6 Å². The highest BCUT2D eigenvalue weighted by Gasteiger charge is 2.25. The van der Waals surface area contributed by atoms with Gasteiger partial charge in [-0.25, -0.2) is 4.39 Å². The topological polar surface area (TPSA) is 53.9 Å². The smallest absolute Gasteiger partial charge is 0.201 e. The van der Waals surface area contributed by atoms with E-state index < -0.39 is 17.0 Å². The van der Waals surface area contributed by atoms with E-state index in [0.29, 0.717) is 5.71 Å². The predicted molar refractivity (Wildman–Crippen MR) is 81.0 cm³/mol. The molecule has 22 heavy (non-hydrogen) atoms. The number of aliphatic hydroxyl groups is 1. The molecule has 0 aromatic heterocycles. The molecule has 0 amide bonds. The lowest BCUT2D eigenvalue weighted by Crippen LogP contribution is -2.28.